The standard InChI is InChI=1S/C8H10O4/c1-11-7-4-2-6(3-5-7)8(9)12-10/h2-5,8-10H,1H3. The van der Waals surface area contributed by atoms with Crippen molar-refractivity contribution in [2.24, 2.45) is 0 Å². The van der Waals surface area contributed by atoms with E-state index >= 15 is 0 Å². The van der Waals surface area contributed by atoms with E-state index in [1.165, 1.54) is 0 Å². The Balaban J connectivity index is 2.77. The Morgan fingerprint density at radius 2 is 1.83 bits per heavy atom. The Morgan fingerprint density at radius 3 is 2.25 bits per heavy atom. The molecule has 0 aliphatic heterocycles. The topological polar surface area (TPSA) is 58.9 Å². The summed E-state index contributed by atoms with van der Waals surface area (Å²) in [5.41, 5.74) is 0.471. The summed E-state index contributed by atoms with van der Waals surface area (Å²) >= 11 is 0. The molecule has 1 atom stereocenters. The average molecular weight is 170 g/mol. The lowest BCUT2D eigenvalue weighted by atomic mass is 10.2. The van der Waals surface area contributed by atoms with Gasteiger partial charge >= 0.3 is 0 Å². The summed E-state index contributed by atoms with van der Waals surface area (Å²) in [6.45, 7) is 0. The van der Waals surface area contributed by atoms with Gasteiger partial charge in [0.25, 0.3) is 0 Å². The summed E-state index contributed by atoms with van der Waals surface area (Å²) in [4.78, 5) is 3.72. The number of aliphatic hydroxyl groups is 1. The first-order valence-corrected chi connectivity index (χ1v) is 3.40. The highest BCUT2D eigenvalue weighted by Gasteiger charge is 2.05. The Labute approximate surface area is 69.9 Å². The zero-order valence-electron chi connectivity index (χ0n) is 6.60. The van der Waals surface area contributed by atoms with Gasteiger partial charge < -0.3 is 9.84 Å². The molecule has 1 unspecified atom stereocenters. The van der Waals surface area contributed by atoms with E-state index in [9.17, 15) is 0 Å². The van der Waals surface area contributed by atoms with Crippen molar-refractivity contribution in [1.29, 1.82) is 0 Å². The number of hydrogen-bond acceptors (Lipinski definition) is 4. The number of methoxy groups -OCH3 is 1. The molecule has 1 aromatic carbocycles. The van der Waals surface area contributed by atoms with Gasteiger partial charge in [-0.1, -0.05) is 12.1 Å². The maximum atomic E-state index is 8.98. The summed E-state index contributed by atoms with van der Waals surface area (Å²) in [5.74, 6) is 0.684. The fourth-order valence-corrected chi connectivity index (χ4v) is 0.829. The van der Waals surface area contributed by atoms with Crippen LogP contribution >= 0.6 is 0 Å². The highest BCUT2D eigenvalue weighted by molar-refractivity contribution is 5.27. The molecule has 4 heteroatoms. The van der Waals surface area contributed by atoms with Gasteiger partial charge in [0.05, 0.1) is 7.11 Å². The molecule has 0 aliphatic carbocycles. The SMILES string of the molecule is COc1ccc(C(O)OO)cc1. The monoisotopic (exact) mass is 170 g/mol. The molecule has 1 rings (SSSR count). The van der Waals surface area contributed by atoms with Crippen molar-refractivity contribution < 1.29 is 20.0 Å². The molecule has 0 heterocycles. The molecule has 4 nitrogen and oxygen atoms in total. The zero-order valence-corrected chi connectivity index (χ0v) is 6.60. The van der Waals surface area contributed by atoms with Crippen LogP contribution in [0.2, 0.25) is 0 Å². The van der Waals surface area contributed by atoms with E-state index in [0.29, 0.717) is 11.3 Å². The lowest BCUT2D eigenvalue weighted by Crippen LogP contribution is -1.99. The van der Waals surface area contributed by atoms with Crippen LogP contribution in [0, 0.1) is 0 Å². The molecule has 12 heavy (non-hydrogen) atoms. The van der Waals surface area contributed by atoms with E-state index in [4.69, 9.17) is 15.1 Å². The van der Waals surface area contributed by atoms with E-state index in [1.807, 2.05) is 0 Å². The highest BCUT2D eigenvalue weighted by Crippen LogP contribution is 2.17. The molecular weight excluding hydrogens is 160 g/mol. The molecule has 0 fully saturated rings. The molecule has 0 radical (unpaired) electrons. The minimum absolute atomic E-state index is 0.471. The van der Waals surface area contributed by atoms with Crippen LogP contribution in [0.25, 0.3) is 0 Å². The third-order valence-corrected chi connectivity index (χ3v) is 1.50. The summed E-state index contributed by atoms with van der Waals surface area (Å²) in [7, 11) is 1.55. The first-order valence-electron chi connectivity index (χ1n) is 3.40. The average Bonchev–Trinajstić information content (AvgIpc) is 2.17. The second kappa shape index (κ2) is 4.06. The Hall–Kier alpha value is -1.10. The molecule has 0 saturated heterocycles. The largest absolute Gasteiger partial charge is 0.497 e. The van der Waals surface area contributed by atoms with Gasteiger partial charge in [-0.3, -0.25) is 0 Å². The molecule has 0 bridgehead atoms. The second-order valence-corrected chi connectivity index (χ2v) is 2.23. The molecular formula is C8H10O4. The van der Waals surface area contributed by atoms with E-state index in [0.717, 1.165) is 0 Å². The maximum absolute atomic E-state index is 8.98. The summed E-state index contributed by atoms with van der Waals surface area (Å²) in [6.07, 6.45) is -1.30. The quantitative estimate of drug-likeness (QED) is 0.406. The third-order valence-electron chi connectivity index (χ3n) is 1.50. The van der Waals surface area contributed by atoms with E-state index in [-0.39, 0.29) is 0 Å². The Kier molecular flexibility index (Phi) is 3.04. The van der Waals surface area contributed by atoms with Crippen molar-refractivity contribution in [2.75, 3.05) is 7.11 Å². The molecule has 0 amide bonds. The molecule has 0 saturated carbocycles. The minimum atomic E-state index is -1.30. The van der Waals surface area contributed by atoms with Crippen molar-refractivity contribution in [3.8, 4) is 5.75 Å². The fraction of sp³-hybridized carbons (Fsp3) is 0.250. The van der Waals surface area contributed by atoms with Crippen molar-refractivity contribution in [2.45, 2.75) is 6.29 Å². The molecule has 66 valence electrons. The van der Waals surface area contributed by atoms with Crippen molar-refractivity contribution in [1.82, 2.24) is 0 Å². The molecule has 2 N–H and O–H groups in total. The van der Waals surface area contributed by atoms with Crippen LogP contribution in [-0.4, -0.2) is 17.5 Å². The predicted molar refractivity (Wildman–Crippen MR) is 41.7 cm³/mol. The maximum Gasteiger partial charge on any atom is 0.214 e. The number of aliphatic hydroxyl groups excluding tert-OH is 1. The van der Waals surface area contributed by atoms with Crippen LogP contribution in [0.4, 0.5) is 0 Å². The highest BCUT2D eigenvalue weighted by atomic mass is 17.1. The van der Waals surface area contributed by atoms with Gasteiger partial charge in [0, 0.05) is 5.56 Å². The fourth-order valence-electron chi connectivity index (χ4n) is 0.829. The van der Waals surface area contributed by atoms with Crippen LogP contribution in [0.15, 0.2) is 24.3 Å². The first-order chi connectivity index (χ1) is 5.77. The predicted octanol–water partition coefficient (Wildman–Crippen LogP) is 1.18. The molecule has 0 spiro atoms. The van der Waals surface area contributed by atoms with Gasteiger partial charge in [-0.2, -0.15) is 0 Å². The Morgan fingerprint density at radius 1 is 1.25 bits per heavy atom. The smallest absolute Gasteiger partial charge is 0.214 e. The van der Waals surface area contributed by atoms with Crippen molar-refractivity contribution in [3.63, 3.8) is 0 Å². The Bertz CT molecular complexity index is 231. The molecule has 0 aliphatic rings. The van der Waals surface area contributed by atoms with Crippen molar-refractivity contribution >= 4 is 0 Å². The van der Waals surface area contributed by atoms with Gasteiger partial charge in [0.15, 0.2) is 0 Å². The number of rotatable bonds is 3. The van der Waals surface area contributed by atoms with Gasteiger partial charge in [0.2, 0.25) is 6.29 Å². The van der Waals surface area contributed by atoms with Crippen LogP contribution < -0.4 is 4.74 Å². The second-order valence-electron chi connectivity index (χ2n) is 2.23. The van der Waals surface area contributed by atoms with E-state index in [1.54, 1.807) is 31.4 Å². The molecule has 1 aromatic rings. The lowest BCUT2D eigenvalue weighted by Gasteiger charge is -2.06. The summed E-state index contributed by atoms with van der Waals surface area (Å²) in [6, 6.07) is 6.52. The normalized spacial score (nSPS) is 12.6. The van der Waals surface area contributed by atoms with Crippen LogP contribution in [-0.2, 0) is 4.89 Å². The third kappa shape index (κ3) is 1.94. The minimum Gasteiger partial charge on any atom is -0.497 e. The number of hydrogen-bond donors (Lipinski definition) is 2. The number of ether oxygens (including phenoxy) is 1. The zero-order chi connectivity index (χ0) is 8.97. The van der Waals surface area contributed by atoms with Crippen LogP contribution in [0.5, 0.6) is 5.75 Å². The van der Waals surface area contributed by atoms with Gasteiger partial charge in [-0.05, 0) is 12.1 Å². The van der Waals surface area contributed by atoms with E-state index < -0.39 is 6.29 Å². The first kappa shape index (κ1) is 8.99. The van der Waals surface area contributed by atoms with Crippen LogP contribution in [0.3, 0.4) is 0 Å². The van der Waals surface area contributed by atoms with Gasteiger partial charge in [-0.25, -0.2) is 10.1 Å². The van der Waals surface area contributed by atoms with Crippen LogP contribution in [0.1, 0.15) is 11.9 Å². The summed E-state index contributed by atoms with van der Waals surface area (Å²) in [5, 5.41) is 17.1. The van der Waals surface area contributed by atoms with Crippen molar-refractivity contribution in [3.05, 3.63) is 29.8 Å². The molecule has 0 aromatic heterocycles. The number of benzene rings is 1. The lowest BCUT2D eigenvalue weighted by molar-refractivity contribution is -0.339. The van der Waals surface area contributed by atoms with Gasteiger partial charge in [0.1, 0.15) is 5.75 Å². The van der Waals surface area contributed by atoms with E-state index in [2.05, 4.69) is 4.89 Å². The van der Waals surface area contributed by atoms with Gasteiger partial charge in [-0.15, -0.1) is 0 Å². The summed E-state index contributed by atoms with van der Waals surface area (Å²) < 4.78 is 4.90.